The molecule has 0 saturated carbocycles. The molecular weight excluding hydrogens is 401 g/mol. The van der Waals surface area contributed by atoms with E-state index in [2.05, 4.69) is 4.98 Å². The summed E-state index contributed by atoms with van der Waals surface area (Å²) in [6.07, 6.45) is 0. The topological polar surface area (TPSA) is 59.9 Å². The summed E-state index contributed by atoms with van der Waals surface area (Å²) in [7, 11) is 1.58. The maximum atomic E-state index is 14.1. The number of ether oxygens (including phenoxy) is 1. The zero-order valence-electron chi connectivity index (χ0n) is 15.0. The van der Waals surface area contributed by atoms with Gasteiger partial charge in [-0.25, -0.2) is 9.37 Å². The van der Waals surface area contributed by atoms with Crippen molar-refractivity contribution in [3.05, 3.63) is 69.2 Å². The smallest absolute Gasteiger partial charge is 0.278 e. The number of aromatic nitrogens is 3. The Labute approximate surface area is 169 Å². The molecule has 4 rings (SSSR count). The van der Waals surface area contributed by atoms with E-state index < -0.39 is 0 Å². The van der Waals surface area contributed by atoms with Gasteiger partial charge in [-0.1, -0.05) is 47.6 Å². The van der Waals surface area contributed by atoms with Crippen LogP contribution in [-0.2, 0) is 17.0 Å². The predicted molar refractivity (Wildman–Crippen MR) is 111 cm³/mol. The fraction of sp³-hybridized carbons (Fsp3) is 0.200. The first kappa shape index (κ1) is 19.0. The zero-order valence-corrected chi connectivity index (χ0v) is 16.6. The van der Waals surface area contributed by atoms with E-state index in [1.54, 1.807) is 23.8 Å². The number of aromatic amines is 1. The Hall–Kier alpha value is -2.35. The number of thioether (sulfide) groups is 1. The molecule has 0 saturated heterocycles. The molecule has 0 aliphatic rings. The third kappa shape index (κ3) is 3.41. The van der Waals surface area contributed by atoms with Crippen LogP contribution in [0.2, 0.25) is 5.02 Å². The number of fused-ring (bicyclic) bond motifs is 3. The van der Waals surface area contributed by atoms with Gasteiger partial charge >= 0.3 is 0 Å². The van der Waals surface area contributed by atoms with Crippen molar-refractivity contribution in [2.24, 2.45) is 0 Å². The fourth-order valence-electron chi connectivity index (χ4n) is 3.07. The first-order valence-electron chi connectivity index (χ1n) is 8.66. The van der Waals surface area contributed by atoms with E-state index in [0.29, 0.717) is 39.9 Å². The minimum absolute atomic E-state index is 0.180. The highest BCUT2D eigenvalue weighted by Gasteiger charge is 2.17. The Morgan fingerprint density at radius 3 is 2.86 bits per heavy atom. The number of nitrogens with one attached hydrogen (secondary N) is 1. The quantitative estimate of drug-likeness (QED) is 0.367. The summed E-state index contributed by atoms with van der Waals surface area (Å²) >= 11 is 7.42. The van der Waals surface area contributed by atoms with Crippen molar-refractivity contribution < 1.29 is 9.13 Å². The van der Waals surface area contributed by atoms with Gasteiger partial charge in [-0.3, -0.25) is 9.36 Å². The average Bonchev–Trinajstić information content (AvgIpc) is 3.06. The molecule has 28 heavy (non-hydrogen) atoms. The molecule has 2 aromatic heterocycles. The molecule has 2 aromatic carbocycles. The van der Waals surface area contributed by atoms with Gasteiger partial charge in [-0.05, 0) is 18.2 Å². The maximum Gasteiger partial charge on any atom is 0.278 e. The van der Waals surface area contributed by atoms with Crippen molar-refractivity contribution in [2.75, 3.05) is 13.7 Å². The van der Waals surface area contributed by atoms with Crippen LogP contribution >= 0.6 is 23.4 Å². The van der Waals surface area contributed by atoms with E-state index >= 15 is 0 Å². The Balaban J connectivity index is 1.82. The van der Waals surface area contributed by atoms with Crippen molar-refractivity contribution in [1.82, 2.24) is 14.5 Å². The summed E-state index contributed by atoms with van der Waals surface area (Å²) in [4.78, 5) is 21.0. The van der Waals surface area contributed by atoms with Gasteiger partial charge in [0.2, 0.25) is 0 Å². The summed E-state index contributed by atoms with van der Waals surface area (Å²) in [5, 5.41) is 1.73. The largest absolute Gasteiger partial charge is 0.383 e. The predicted octanol–water partition coefficient (Wildman–Crippen LogP) is 4.61. The van der Waals surface area contributed by atoms with Gasteiger partial charge in [-0.2, -0.15) is 0 Å². The van der Waals surface area contributed by atoms with Crippen molar-refractivity contribution in [2.45, 2.75) is 17.5 Å². The standard InChI is InChI=1S/C20H17ClFN3O2S/c1-27-10-9-25-19(26)18-17(12-5-2-3-8-16(12)23-18)24-20(25)28-11-13-14(21)6-4-7-15(13)22/h2-8,23H,9-11H2,1H3. The number of nitrogens with zero attached hydrogens (tertiary/aromatic N) is 2. The lowest BCUT2D eigenvalue weighted by Gasteiger charge is -2.12. The van der Waals surface area contributed by atoms with Gasteiger partial charge in [0, 0.05) is 34.4 Å². The lowest BCUT2D eigenvalue weighted by atomic mass is 10.2. The number of halogens is 2. The van der Waals surface area contributed by atoms with Gasteiger partial charge in [-0.15, -0.1) is 0 Å². The number of hydrogen-bond donors (Lipinski definition) is 1. The average molecular weight is 418 g/mol. The summed E-state index contributed by atoms with van der Waals surface area (Å²) in [6, 6.07) is 12.2. The first-order chi connectivity index (χ1) is 13.6. The van der Waals surface area contributed by atoms with E-state index in [4.69, 9.17) is 21.3 Å². The normalized spacial score (nSPS) is 11.5. The van der Waals surface area contributed by atoms with Crippen LogP contribution in [0.25, 0.3) is 21.9 Å². The van der Waals surface area contributed by atoms with Crippen LogP contribution in [-0.4, -0.2) is 28.3 Å². The Morgan fingerprint density at radius 1 is 1.25 bits per heavy atom. The van der Waals surface area contributed by atoms with Crippen molar-refractivity contribution >= 4 is 45.3 Å². The van der Waals surface area contributed by atoms with E-state index in [1.807, 2.05) is 24.3 Å². The molecule has 5 nitrogen and oxygen atoms in total. The van der Waals surface area contributed by atoms with Gasteiger partial charge in [0.25, 0.3) is 5.56 Å². The number of rotatable bonds is 6. The van der Waals surface area contributed by atoms with E-state index in [9.17, 15) is 9.18 Å². The molecule has 4 aromatic rings. The van der Waals surface area contributed by atoms with Gasteiger partial charge in [0.05, 0.1) is 13.2 Å². The summed E-state index contributed by atoms with van der Waals surface area (Å²) in [5.74, 6) is -0.113. The van der Waals surface area contributed by atoms with Crippen molar-refractivity contribution in [1.29, 1.82) is 0 Å². The van der Waals surface area contributed by atoms with Crippen LogP contribution in [0.5, 0.6) is 0 Å². The molecule has 0 atom stereocenters. The third-order valence-corrected chi connectivity index (χ3v) is 5.86. The van der Waals surface area contributed by atoms with Gasteiger partial charge < -0.3 is 9.72 Å². The molecule has 0 amide bonds. The number of benzene rings is 2. The highest BCUT2D eigenvalue weighted by molar-refractivity contribution is 7.98. The van der Waals surface area contributed by atoms with Crippen LogP contribution < -0.4 is 5.56 Å². The van der Waals surface area contributed by atoms with Crippen LogP contribution in [0.4, 0.5) is 4.39 Å². The van der Waals surface area contributed by atoms with Gasteiger partial charge in [0.15, 0.2) is 5.16 Å². The van der Waals surface area contributed by atoms with E-state index in [-0.39, 0.29) is 17.1 Å². The van der Waals surface area contributed by atoms with Crippen molar-refractivity contribution in [3.63, 3.8) is 0 Å². The van der Waals surface area contributed by atoms with Crippen LogP contribution in [0, 0.1) is 5.82 Å². The molecular formula is C20H17ClFN3O2S. The van der Waals surface area contributed by atoms with E-state index in [1.165, 1.54) is 17.8 Å². The minimum atomic E-state index is -0.376. The fourth-order valence-corrected chi connectivity index (χ4v) is 4.43. The Morgan fingerprint density at radius 2 is 2.07 bits per heavy atom. The number of hydrogen-bond acceptors (Lipinski definition) is 4. The minimum Gasteiger partial charge on any atom is -0.383 e. The molecule has 0 aliphatic heterocycles. The molecule has 0 spiro atoms. The van der Waals surface area contributed by atoms with Gasteiger partial charge in [0.1, 0.15) is 16.9 Å². The highest BCUT2D eigenvalue weighted by atomic mass is 35.5. The molecule has 0 fully saturated rings. The number of methoxy groups -OCH3 is 1. The van der Waals surface area contributed by atoms with Crippen LogP contribution in [0.1, 0.15) is 5.56 Å². The summed E-state index contributed by atoms with van der Waals surface area (Å²) in [5.41, 5.74) is 2.11. The van der Waals surface area contributed by atoms with Crippen molar-refractivity contribution in [3.8, 4) is 0 Å². The second-order valence-electron chi connectivity index (χ2n) is 6.23. The highest BCUT2D eigenvalue weighted by Crippen LogP contribution is 2.29. The van der Waals surface area contributed by atoms with Crippen LogP contribution in [0.3, 0.4) is 0 Å². The Bertz CT molecular complexity index is 1200. The lowest BCUT2D eigenvalue weighted by molar-refractivity contribution is 0.183. The molecule has 2 heterocycles. The zero-order chi connectivity index (χ0) is 19.7. The SMILES string of the molecule is COCCn1c(SCc2c(F)cccc2Cl)nc2c([nH]c3ccccc32)c1=O. The molecule has 0 bridgehead atoms. The second-order valence-corrected chi connectivity index (χ2v) is 7.58. The number of para-hydroxylation sites is 1. The molecule has 0 radical (unpaired) electrons. The lowest BCUT2D eigenvalue weighted by Crippen LogP contribution is -2.25. The molecule has 144 valence electrons. The molecule has 0 aliphatic carbocycles. The molecule has 8 heteroatoms. The van der Waals surface area contributed by atoms with Crippen LogP contribution in [0.15, 0.2) is 52.4 Å². The number of H-pyrrole nitrogens is 1. The first-order valence-corrected chi connectivity index (χ1v) is 10.0. The maximum absolute atomic E-state index is 14.1. The summed E-state index contributed by atoms with van der Waals surface area (Å²) < 4.78 is 20.8. The molecule has 0 unspecified atom stereocenters. The Kier molecular flexibility index (Phi) is 5.39. The second kappa shape index (κ2) is 7.95. The summed E-state index contributed by atoms with van der Waals surface area (Å²) in [6.45, 7) is 0.711. The third-order valence-electron chi connectivity index (χ3n) is 4.50. The van der Waals surface area contributed by atoms with E-state index in [0.717, 1.165) is 10.9 Å². The molecule has 1 N–H and O–H groups in total. The monoisotopic (exact) mass is 417 g/mol.